The molecule has 104 valence electrons. The fourth-order valence-corrected chi connectivity index (χ4v) is 0.446. The van der Waals surface area contributed by atoms with Gasteiger partial charge in [0.15, 0.2) is 0 Å². The number of hydrogen-bond acceptors (Lipinski definition) is 8. The predicted molar refractivity (Wildman–Crippen MR) is 62.3 cm³/mol. The highest BCUT2D eigenvalue weighted by Gasteiger charge is 2.20. The highest BCUT2D eigenvalue weighted by atomic mass is 16.5. The van der Waals surface area contributed by atoms with Crippen molar-refractivity contribution in [2.45, 2.75) is 5.54 Å². The summed E-state index contributed by atoms with van der Waals surface area (Å²) in [6.07, 6.45) is 2.36. The van der Waals surface area contributed by atoms with Crippen LogP contribution in [0.1, 0.15) is 0 Å². The van der Waals surface area contributed by atoms with Crippen molar-refractivity contribution in [3.05, 3.63) is 12.7 Å². The molecule has 18 heavy (non-hydrogen) atoms. The van der Waals surface area contributed by atoms with Crippen LogP contribution in [0.2, 0.25) is 0 Å². The maximum atomic E-state index is 10.3. The third-order valence-electron chi connectivity index (χ3n) is 1.62. The van der Waals surface area contributed by atoms with E-state index in [1.54, 1.807) is 0 Å². The molecule has 0 bridgehead atoms. The van der Waals surface area contributed by atoms with Crippen LogP contribution in [0, 0.1) is 0 Å². The molecule has 0 amide bonds. The SMILES string of the molecule is C=CC(=O)OCCN=C=O.NC(CO)(CO)CO. The number of aliphatic imine (C=N–C) groups is 1. The third kappa shape index (κ3) is 10.9. The van der Waals surface area contributed by atoms with Gasteiger partial charge < -0.3 is 25.8 Å². The molecule has 0 radical (unpaired) electrons. The largest absolute Gasteiger partial charge is 0.461 e. The van der Waals surface area contributed by atoms with Crippen LogP contribution in [0.25, 0.3) is 0 Å². The van der Waals surface area contributed by atoms with Crippen molar-refractivity contribution < 1.29 is 29.6 Å². The van der Waals surface area contributed by atoms with Crippen LogP contribution in [-0.2, 0) is 14.3 Å². The van der Waals surface area contributed by atoms with E-state index in [1.807, 2.05) is 0 Å². The van der Waals surface area contributed by atoms with Crippen LogP contribution in [0.4, 0.5) is 0 Å². The van der Waals surface area contributed by atoms with E-state index < -0.39 is 31.3 Å². The lowest BCUT2D eigenvalue weighted by Gasteiger charge is -2.20. The molecule has 0 aromatic rings. The van der Waals surface area contributed by atoms with E-state index in [-0.39, 0.29) is 13.2 Å². The number of aliphatic hydroxyl groups excluding tert-OH is 3. The standard InChI is InChI=1S/C6H7NO3.C4H11NO3/c1-2-6(9)10-4-3-7-5-8;5-4(1-6,2-7)3-8/h2H,1,3-4H2;6-8H,1-3,5H2. The summed E-state index contributed by atoms with van der Waals surface area (Å²) >= 11 is 0. The number of nitrogens with two attached hydrogens (primary N) is 1. The van der Waals surface area contributed by atoms with Crippen molar-refractivity contribution in [1.29, 1.82) is 0 Å². The molecule has 8 nitrogen and oxygen atoms in total. The number of rotatable bonds is 7. The van der Waals surface area contributed by atoms with Crippen molar-refractivity contribution in [3.8, 4) is 0 Å². The van der Waals surface area contributed by atoms with Crippen molar-refractivity contribution in [3.63, 3.8) is 0 Å². The number of nitrogens with zero attached hydrogens (tertiary/aromatic N) is 1. The van der Waals surface area contributed by atoms with Crippen molar-refractivity contribution >= 4 is 12.0 Å². The molecule has 0 saturated heterocycles. The Morgan fingerprint density at radius 3 is 2.17 bits per heavy atom. The first-order valence-electron chi connectivity index (χ1n) is 4.94. The molecular weight excluding hydrogens is 244 g/mol. The summed E-state index contributed by atoms with van der Waals surface area (Å²) in [6, 6.07) is 0. The monoisotopic (exact) mass is 262 g/mol. The summed E-state index contributed by atoms with van der Waals surface area (Å²) in [5, 5.41) is 25.0. The zero-order valence-electron chi connectivity index (χ0n) is 9.91. The van der Waals surface area contributed by atoms with Crippen LogP contribution < -0.4 is 5.73 Å². The minimum absolute atomic E-state index is 0.0973. The Morgan fingerprint density at radius 1 is 1.39 bits per heavy atom. The minimum atomic E-state index is -1.21. The third-order valence-corrected chi connectivity index (χ3v) is 1.62. The lowest BCUT2D eigenvalue weighted by atomic mass is 10.1. The molecule has 0 aromatic heterocycles. The second-order valence-corrected chi connectivity index (χ2v) is 3.18. The average Bonchev–Trinajstić information content (AvgIpc) is 2.43. The summed E-state index contributed by atoms with van der Waals surface area (Å²) < 4.78 is 4.46. The summed E-state index contributed by atoms with van der Waals surface area (Å²) in [6.45, 7) is 2.22. The normalized spacial score (nSPS) is 9.56. The number of carbonyl (C=O) groups excluding carboxylic acids is 2. The molecule has 0 aliphatic heterocycles. The summed E-state index contributed by atoms with van der Waals surface area (Å²) in [5.41, 5.74) is 3.94. The lowest BCUT2D eigenvalue weighted by molar-refractivity contribution is -0.137. The zero-order valence-corrected chi connectivity index (χ0v) is 9.91. The van der Waals surface area contributed by atoms with Gasteiger partial charge in [-0.05, 0) is 0 Å². The molecule has 0 aromatic carbocycles. The Hall–Kier alpha value is -1.57. The van der Waals surface area contributed by atoms with Gasteiger partial charge in [0.2, 0.25) is 6.08 Å². The van der Waals surface area contributed by atoms with Gasteiger partial charge >= 0.3 is 5.97 Å². The van der Waals surface area contributed by atoms with E-state index >= 15 is 0 Å². The van der Waals surface area contributed by atoms with Gasteiger partial charge in [-0.2, -0.15) is 0 Å². The Kier molecular flexibility index (Phi) is 12.4. The number of esters is 1. The molecule has 0 spiro atoms. The van der Waals surface area contributed by atoms with E-state index in [0.717, 1.165) is 6.08 Å². The maximum Gasteiger partial charge on any atom is 0.330 e. The first kappa shape index (κ1) is 18.8. The van der Waals surface area contributed by atoms with Gasteiger partial charge in [-0.25, -0.2) is 14.6 Å². The molecule has 0 atom stereocenters. The highest BCUT2D eigenvalue weighted by molar-refractivity contribution is 5.81. The van der Waals surface area contributed by atoms with Gasteiger partial charge in [0, 0.05) is 6.08 Å². The molecule has 0 fully saturated rings. The Balaban J connectivity index is 0. The van der Waals surface area contributed by atoms with Gasteiger partial charge in [-0.15, -0.1) is 0 Å². The van der Waals surface area contributed by atoms with Crippen LogP contribution >= 0.6 is 0 Å². The van der Waals surface area contributed by atoms with E-state index in [4.69, 9.17) is 21.1 Å². The molecule has 0 aliphatic rings. The fraction of sp³-hybridized carbons (Fsp3) is 0.600. The summed E-state index contributed by atoms with van der Waals surface area (Å²) in [5.74, 6) is -0.513. The summed E-state index contributed by atoms with van der Waals surface area (Å²) in [7, 11) is 0. The van der Waals surface area contributed by atoms with E-state index in [2.05, 4.69) is 16.3 Å². The molecule has 0 unspecified atom stereocenters. The van der Waals surface area contributed by atoms with E-state index in [1.165, 1.54) is 6.08 Å². The van der Waals surface area contributed by atoms with E-state index in [0.29, 0.717) is 0 Å². The number of hydrogen-bond donors (Lipinski definition) is 4. The summed E-state index contributed by atoms with van der Waals surface area (Å²) in [4.78, 5) is 22.9. The second kappa shape index (κ2) is 11.9. The molecule has 8 heteroatoms. The Morgan fingerprint density at radius 2 is 1.89 bits per heavy atom. The van der Waals surface area contributed by atoms with Crippen LogP contribution in [0.15, 0.2) is 17.6 Å². The highest BCUT2D eigenvalue weighted by Crippen LogP contribution is 1.93. The van der Waals surface area contributed by atoms with Crippen molar-refractivity contribution in [2.24, 2.45) is 10.7 Å². The quantitative estimate of drug-likeness (QED) is 0.133. The fourth-order valence-electron chi connectivity index (χ4n) is 0.446. The Labute approximate surface area is 104 Å². The first-order chi connectivity index (χ1) is 8.49. The van der Waals surface area contributed by atoms with Crippen molar-refractivity contribution in [1.82, 2.24) is 0 Å². The van der Waals surface area contributed by atoms with Crippen LogP contribution in [0.5, 0.6) is 0 Å². The predicted octanol–water partition coefficient (Wildman–Crippen LogP) is -2.29. The molecular formula is C10H18N2O6. The number of isocyanates is 1. The molecule has 0 aliphatic carbocycles. The molecule has 0 rings (SSSR count). The Bertz CT molecular complexity index is 276. The van der Waals surface area contributed by atoms with Gasteiger partial charge in [0.05, 0.1) is 31.9 Å². The second-order valence-electron chi connectivity index (χ2n) is 3.18. The molecule has 0 heterocycles. The number of carbonyl (C=O) groups is 1. The minimum Gasteiger partial charge on any atom is -0.461 e. The topological polar surface area (TPSA) is 142 Å². The van der Waals surface area contributed by atoms with Gasteiger partial charge in [-0.1, -0.05) is 6.58 Å². The van der Waals surface area contributed by atoms with Crippen LogP contribution in [-0.4, -0.2) is 65.9 Å². The zero-order chi connectivity index (χ0) is 14.4. The van der Waals surface area contributed by atoms with Gasteiger partial charge in [-0.3, -0.25) is 0 Å². The maximum absolute atomic E-state index is 10.3. The number of ether oxygens (including phenoxy) is 1. The van der Waals surface area contributed by atoms with Gasteiger partial charge in [0.1, 0.15) is 6.61 Å². The van der Waals surface area contributed by atoms with Gasteiger partial charge in [0.25, 0.3) is 0 Å². The van der Waals surface area contributed by atoms with Crippen molar-refractivity contribution in [2.75, 3.05) is 33.0 Å². The number of aliphatic hydroxyl groups is 3. The molecule has 0 saturated carbocycles. The van der Waals surface area contributed by atoms with E-state index in [9.17, 15) is 9.59 Å². The molecule has 5 N–H and O–H groups in total. The smallest absolute Gasteiger partial charge is 0.330 e. The lowest BCUT2D eigenvalue weighted by Crippen LogP contribution is -2.50. The van der Waals surface area contributed by atoms with Crippen LogP contribution in [0.3, 0.4) is 0 Å². The first-order valence-corrected chi connectivity index (χ1v) is 4.94. The average molecular weight is 262 g/mol.